The van der Waals surface area contributed by atoms with E-state index in [1.54, 1.807) is 29.5 Å². The number of carbonyl (C=O) groups excluding carboxylic acids is 1. The average molecular weight is 656 g/mol. The van der Waals surface area contributed by atoms with Crippen LogP contribution >= 0.6 is 11.3 Å². The van der Waals surface area contributed by atoms with Crippen molar-refractivity contribution >= 4 is 44.8 Å². The van der Waals surface area contributed by atoms with E-state index in [1.807, 2.05) is 51.1 Å². The molecule has 12 heteroatoms. The van der Waals surface area contributed by atoms with Crippen molar-refractivity contribution in [2.24, 2.45) is 0 Å². The maximum atomic E-state index is 15.0. The molecule has 2 N–H and O–H groups in total. The van der Waals surface area contributed by atoms with E-state index in [9.17, 15) is 4.79 Å². The van der Waals surface area contributed by atoms with E-state index in [2.05, 4.69) is 42.4 Å². The van der Waals surface area contributed by atoms with Gasteiger partial charge in [0.2, 0.25) is 11.8 Å². The SMILES string of the molecule is Cc1nc2cc(Oc3nc(Nc4ccc(OCCCN5CCN(C)CC5)c(F)c4)ncc3C(=O)Nc3c(C)cccc3C)ccc2s1. The van der Waals surface area contributed by atoms with Crippen LogP contribution in [0.1, 0.15) is 32.9 Å². The lowest BCUT2D eigenvalue weighted by atomic mass is 10.1. The second-order valence-electron chi connectivity index (χ2n) is 11.7. The number of piperazine rings is 1. The van der Waals surface area contributed by atoms with E-state index in [1.165, 1.54) is 12.3 Å². The first kappa shape index (κ1) is 32.3. The number of anilines is 3. The molecule has 5 aromatic rings. The predicted octanol–water partition coefficient (Wildman–Crippen LogP) is 6.96. The maximum absolute atomic E-state index is 15.0. The monoisotopic (exact) mass is 655 g/mol. The zero-order valence-corrected chi connectivity index (χ0v) is 27.8. The van der Waals surface area contributed by atoms with Gasteiger partial charge in [-0.25, -0.2) is 14.4 Å². The van der Waals surface area contributed by atoms with Crippen molar-refractivity contribution in [3.63, 3.8) is 0 Å². The van der Waals surface area contributed by atoms with Crippen molar-refractivity contribution in [1.29, 1.82) is 0 Å². The first-order valence-corrected chi connectivity index (χ1v) is 16.4. The number of benzene rings is 3. The molecule has 0 unspecified atom stereocenters. The Hall–Kier alpha value is -4.65. The van der Waals surface area contributed by atoms with Crippen molar-refractivity contribution in [2.75, 3.05) is 57.0 Å². The Labute approximate surface area is 277 Å². The quantitative estimate of drug-likeness (QED) is 0.146. The summed E-state index contributed by atoms with van der Waals surface area (Å²) in [5, 5.41) is 6.95. The van der Waals surface area contributed by atoms with Crippen LogP contribution in [-0.2, 0) is 0 Å². The zero-order valence-electron chi connectivity index (χ0n) is 27.0. The third-order valence-electron chi connectivity index (χ3n) is 8.06. The van der Waals surface area contributed by atoms with Gasteiger partial charge >= 0.3 is 0 Å². The largest absolute Gasteiger partial charge is 0.490 e. The average Bonchev–Trinajstić information content (AvgIpc) is 3.42. The summed E-state index contributed by atoms with van der Waals surface area (Å²) >= 11 is 1.59. The predicted molar refractivity (Wildman–Crippen MR) is 184 cm³/mol. The van der Waals surface area contributed by atoms with E-state index in [0.717, 1.165) is 65.5 Å². The fourth-order valence-electron chi connectivity index (χ4n) is 5.42. The minimum absolute atomic E-state index is 0.0401. The van der Waals surface area contributed by atoms with Gasteiger partial charge in [0.05, 0.1) is 21.8 Å². The van der Waals surface area contributed by atoms with Crippen LogP contribution in [0.3, 0.4) is 0 Å². The van der Waals surface area contributed by atoms with Gasteiger partial charge in [0, 0.05) is 62.4 Å². The Bertz CT molecular complexity index is 1870. The summed E-state index contributed by atoms with van der Waals surface area (Å²) in [6.07, 6.45) is 2.21. The van der Waals surface area contributed by atoms with Crippen molar-refractivity contribution in [1.82, 2.24) is 24.8 Å². The first-order chi connectivity index (χ1) is 22.7. The molecule has 0 aliphatic carbocycles. The fourth-order valence-corrected chi connectivity index (χ4v) is 6.22. The molecule has 3 aromatic carbocycles. The van der Waals surface area contributed by atoms with E-state index in [0.29, 0.717) is 23.7 Å². The summed E-state index contributed by atoms with van der Waals surface area (Å²) in [6.45, 7) is 11.4. The molecule has 0 radical (unpaired) electrons. The summed E-state index contributed by atoms with van der Waals surface area (Å²) in [5.41, 5.74) is 3.91. The summed E-state index contributed by atoms with van der Waals surface area (Å²) in [6, 6.07) is 15.9. The van der Waals surface area contributed by atoms with Crippen molar-refractivity contribution in [2.45, 2.75) is 27.2 Å². The number of para-hydroxylation sites is 1. The van der Waals surface area contributed by atoms with Crippen LogP contribution in [0, 0.1) is 26.6 Å². The Balaban J connectivity index is 1.18. The molecule has 6 rings (SSSR count). The third-order valence-corrected chi connectivity index (χ3v) is 9.01. The highest BCUT2D eigenvalue weighted by Crippen LogP contribution is 2.31. The smallest absolute Gasteiger partial charge is 0.262 e. The van der Waals surface area contributed by atoms with Gasteiger partial charge in [-0.3, -0.25) is 4.79 Å². The lowest BCUT2D eigenvalue weighted by molar-refractivity contribution is 0.102. The number of hydrogen-bond donors (Lipinski definition) is 2. The highest BCUT2D eigenvalue weighted by molar-refractivity contribution is 7.18. The minimum Gasteiger partial charge on any atom is -0.490 e. The second kappa shape index (κ2) is 14.4. The summed E-state index contributed by atoms with van der Waals surface area (Å²) < 4.78 is 28.0. The molecule has 0 saturated carbocycles. The van der Waals surface area contributed by atoms with E-state index < -0.39 is 11.7 Å². The van der Waals surface area contributed by atoms with E-state index in [-0.39, 0.29) is 23.1 Å². The zero-order chi connectivity index (χ0) is 32.9. The van der Waals surface area contributed by atoms with Crippen LogP contribution in [0.5, 0.6) is 17.4 Å². The number of hydrogen-bond acceptors (Lipinski definition) is 10. The van der Waals surface area contributed by atoms with Crippen LogP contribution < -0.4 is 20.1 Å². The topological polar surface area (TPSA) is 105 Å². The van der Waals surface area contributed by atoms with Crippen LogP contribution in [-0.4, -0.2) is 77.0 Å². The van der Waals surface area contributed by atoms with Crippen LogP contribution in [0.15, 0.2) is 60.8 Å². The molecule has 0 bridgehead atoms. The molecule has 0 atom stereocenters. The molecule has 47 heavy (non-hydrogen) atoms. The number of ether oxygens (including phenoxy) is 2. The van der Waals surface area contributed by atoms with Gasteiger partial charge < -0.3 is 29.9 Å². The Morgan fingerprint density at radius 1 is 1.00 bits per heavy atom. The molecule has 1 aliphatic rings. The van der Waals surface area contributed by atoms with E-state index in [4.69, 9.17) is 9.47 Å². The summed E-state index contributed by atoms with van der Waals surface area (Å²) in [7, 11) is 2.13. The maximum Gasteiger partial charge on any atom is 0.262 e. The molecule has 1 saturated heterocycles. The van der Waals surface area contributed by atoms with Gasteiger partial charge in [0.25, 0.3) is 5.91 Å². The number of rotatable bonds is 11. The third kappa shape index (κ3) is 8.02. The molecule has 2 aromatic heterocycles. The molecule has 244 valence electrons. The highest BCUT2D eigenvalue weighted by Gasteiger charge is 2.20. The number of amides is 1. The van der Waals surface area contributed by atoms with Crippen molar-refractivity contribution < 1.29 is 18.7 Å². The number of nitrogens with zero attached hydrogens (tertiary/aromatic N) is 5. The molecule has 1 aliphatic heterocycles. The number of likely N-dealkylation sites (N-methyl/N-ethyl adjacent to an activating group) is 1. The standard InChI is InChI=1S/C35H38FN7O3S/c1-22-7-5-8-23(2)32(22)40-33(44)27-21-37-35(41-34(27)46-26-10-12-31-29(20-26)38-24(3)47-31)39-25-9-11-30(28(36)19-25)45-18-6-13-43-16-14-42(4)15-17-43/h5,7-12,19-21H,6,13-18H2,1-4H3,(H,40,44)(H,37,39,41). The van der Waals surface area contributed by atoms with E-state index >= 15 is 4.39 Å². The Morgan fingerprint density at radius 2 is 1.79 bits per heavy atom. The van der Waals surface area contributed by atoms with Gasteiger partial charge in [-0.1, -0.05) is 18.2 Å². The van der Waals surface area contributed by atoms with Gasteiger partial charge in [-0.05, 0) is 69.6 Å². The van der Waals surface area contributed by atoms with Gasteiger partial charge in [0.15, 0.2) is 11.6 Å². The first-order valence-electron chi connectivity index (χ1n) is 15.6. The molecule has 1 amide bonds. The Morgan fingerprint density at radius 3 is 2.55 bits per heavy atom. The molecule has 3 heterocycles. The second-order valence-corrected chi connectivity index (χ2v) is 12.9. The van der Waals surface area contributed by atoms with Crippen molar-refractivity contribution in [3.8, 4) is 17.4 Å². The fraction of sp³-hybridized carbons (Fsp3) is 0.314. The molecule has 0 spiro atoms. The number of carbonyl (C=O) groups is 1. The lowest BCUT2D eigenvalue weighted by Gasteiger charge is -2.32. The van der Waals surface area contributed by atoms with Gasteiger partial charge in [-0.15, -0.1) is 11.3 Å². The Kier molecular flexibility index (Phi) is 9.90. The normalized spacial score (nSPS) is 13.9. The summed E-state index contributed by atoms with van der Waals surface area (Å²) in [4.78, 5) is 31.7. The lowest BCUT2D eigenvalue weighted by Crippen LogP contribution is -2.44. The summed E-state index contributed by atoms with van der Waals surface area (Å²) in [5.74, 6) is -0.0937. The highest BCUT2D eigenvalue weighted by atomic mass is 32.1. The van der Waals surface area contributed by atoms with Crippen LogP contribution in [0.25, 0.3) is 10.2 Å². The minimum atomic E-state index is -0.498. The molecular formula is C35H38FN7O3S. The molecule has 10 nitrogen and oxygen atoms in total. The molecule has 1 fully saturated rings. The van der Waals surface area contributed by atoms with Gasteiger partial charge in [-0.2, -0.15) is 4.98 Å². The van der Waals surface area contributed by atoms with Crippen molar-refractivity contribution in [3.05, 3.63) is 88.3 Å². The van der Waals surface area contributed by atoms with Crippen LogP contribution in [0.2, 0.25) is 0 Å². The number of fused-ring (bicyclic) bond motifs is 1. The number of aryl methyl sites for hydroxylation is 3. The van der Waals surface area contributed by atoms with Gasteiger partial charge in [0.1, 0.15) is 11.3 Å². The number of nitrogens with one attached hydrogen (secondary N) is 2. The number of thiazole rings is 1. The van der Waals surface area contributed by atoms with Crippen LogP contribution in [0.4, 0.5) is 21.7 Å². The number of halogens is 1. The molecular weight excluding hydrogens is 617 g/mol. The number of aromatic nitrogens is 3.